The van der Waals surface area contributed by atoms with Crippen molar-refractivity contribution in [3.8, 4) is 40.8 Å². The van der Waals surface area contributed by atoms with Crippen molar-refractivity contribution >= 4 is 29.0 Å². The number of rotatable bonds is 13. The Morgan fingerprint density at radius 1 is 0.976 bits per heavy atom. The van der Waals surface area contributed by atoms with Crippen molar-refractivity contribution in [2.24, 2.45) is 5.16 Å². The van der Waals surface area contributed by atoms with Crippen LogP contribution < -0.4 is 14.2 Å². The Hall–Kier alpha value is -4.06. The maximum atomic E-state index is 6.15. The Morgan fingerprint density at radius 3 is 2.34 bits per heavy atom. The predicted octanol–water partition coefficient (Wildman–Crippen LogP) is 6.82. The second-order valence-electron chi connectivity index (χ2n) is 9.32. The second-order valence-corrected chi connectivity index (χ2v) is 9.32. The molecule has 2 aromatic heterocycles. The lowest BCUT2D eigenvalue weighted by molar-refractivity contribution is 0.0996. The van der Waals surface area contributed by atoms with Gasteiger partial charge in [-0.15, -0.1) is 18.8 Å². The van der Waals surface area contributed by atoms with E-state index in [-0.39, 0.29) is 12.4 Å². The molecular weight excluding hydrogens is 542 g/mol. The van der Waals surface area contributed by atoms with E-state index in [1.54, 1.807) is 18.6 Å². The van der Waals surface area contributed by atoms with E-state index in [2.05, 4.69) is 40.9 Å². The van der Waals surface area contributed by atoms with Crippen LogP contribution in [-0.4, -0.2) is 55.1 Å². The third kappa shape index (κ3) is 6.02. The molecule has 0 bridgehead atoms. The van der Waals surface area contributed by atoms with Crippen molar-refractivity contribution in [1.29, 1.82) is 0 Å². The molecule has 0 amide bonds. The average molecular weight is 578 g/mol. The molecule has 1 unspecified atom stereocenters. The second kappa shape index (κ2) is 13.5. The van der Waals surface area contributed by atoms with Crippen LogP contribution in [0.15, 0.2) is 58.5 Å². The molecule has 1 aliphatic rings. The number of oxime groups is 1. The Balaban J connectivity index is 0.00000387. The minimum atomic E-state index is -0.697. The quantitative estimate of drug-likeness (QED) is 0.122. The van der Waals surface area contributed by atoms with Crippen molar-refractivity contribution < 1.29 is 23.5 Å². The maximum absolute atomic E-state index is 6.15. The first-order valence-corrected chi connectivity index (χ1v) is 13.8. The highest BCUT2D eigenvalue weighted by molar-refractivity contribution is 6.30. The van der Waals surface area contributed by atoms with Gasteiger partial charge in [0.2, 0.25) is 6.10 Å². The van der Waals surface area contributed by atoms with Crippen molar-refractivity contribution in [3.63, 3.8) is 0 Å². The largest absolute Gasteiger partial charge is 0.492 e. The highest BCUT2D eigenvalue weighted by Gasteiger charge is 2.32. The summed E-state index contributed by atoms with van der Waals surface area (Å²) in [5.74, 6) is 4.77. The summed E-state index contributed by atoms with van der Waals surface area (Å²) in [5, 5.41) is 5.62. The van der Waals surface area contributed by atoms with E-state index < -0.39 is 6.10 Å². The molecule has 1 aliphatic carbocycles. The Labute approximate surface area is 247 Å². The van der Waals surface area contributed by atoms with Gasteiger partial charge in [0.1, 0.15) is 18.1 Å². The standard InChI is InChI=1S/C32H35N3O5.ClH/c1-6-27(21-13-15-36-20-21)40-34-32-24-19-29(38-10-5)28(37-9-4)18-23(24)31-30(32)25-17-22(11-12-26(25)33-31)39-16-14-35(7-2)8-3;/h1,11-13,15,17-20,27,33H,7-10,14,16H2,2-5H3;1H. The van der Waals surface area contributed by atoms with Gasteiger partial charge < -0.3 is 33.3 Å². The number of nitrogens with one attached hydrogen (secondary N) is 1. The van der Waals surface area contributed by atoms with Gasteiger partial charge in [0.05, 0.1) is 31.4 Å². The number of furan rings is 1. The molecule has 8 nitrogen and oxygen atoms in total. The third-order valence-electron chi connectivity index (χ3n) is 7.03. The lowest BCUT2D eigenvalue weighted by atomic mass is 10.1. The normalized spacial score (nSPS) is 13.4. The molecule has 1 atom stereocenters. The smallest absolute Gasteiger partial charge is 0.215 e. The lowest BCUT2D eigenvalue weighted by Gasteiger charge is -2.18. The number of halogens is 1. The van der Waals surface area contributed by atoms with Crippen molar-refractivity contribution in [2.75, 3.05) is 39.5 Å². The first kappa shape index (κ1) is 29.9. The molecule has 0 fully saturated rings. The summed E-state index contributed by atoms with van der Waals surface area (Å²) in [4.78, 5) is 11.9. The maximum Gasteiger partial charge on any atom is 0.215 e. The SMILES string of the molecule is C#CC(ON=C1c2cc(OCC)c(OCC)cc2-c2[nH]c3ccc(OCCN(CC)CC)cc3c21)c1ccoc1.Cl. The fourth-order valence-electron chi connectivity index (χ4n) is 4.99. The number of hydrogen-bond donors (Lipinski definition) is 1. The minimum absolute atomic E-state index is 0. The number of terminal acetylenes is 1. The van der Waals surface area contributed by atoms with E-state index >= 15 is 0 Å². The van der Waals surface area contributed by atoms with Crippen LogP contribution in [0.3, 0.4) is 0 Å². The number of nitrogens with zero attached hydrogens (tertiary/aromatic N) is 2. The van der Waals surface area contributed by atoms with E-state index in [0.29, 0.717) is 37.0 Å². The summed E-state index contributed by atoms with van der Waals surface area (Å²) in [7, 11) is 0. The van der Waals surface area contributed by atoms with Gasteiger partial charge in [-0.3, -0.25) is 0 Å². The number of aromatic amines is 1. The molecule has 41 heavy (non-hydrogen) atoms. The lowest BCUT2D eigenvalue weighted by Crippen LogP contribution is -2.27. The molecule has 9 heteroatoms. The molecule has 1 N–H and O–H groups in total. The van der Waals surface area contributed by atoms with E-state index in [1.165, 1.54) is 0 Å². The molecule has 0 spiro atoms. The van der Waals surface area contributed by atoms with Gasteiger partial charge >= 0.3 is 0 Å². The summed E-state index contributed by atoms with van der Waals surface area (Å²) >= 11 is 0. The fraction of sp³-hybridized carbons (Fsp3) is 0.344. The number of aromatic nitrogens is 1. The summed E-state index contributed by atoms with van der Waals surface area (Å²) in [6.07, 6.45) is 8.21. The fourth-order valence-corrected chi connectivity index (χ4v) is 4.99. The summed E-state index contributed by atoms with van der Waals surface area (Å²) in [6.45, 7) is 12.7. The third-order valence-corrected chi connectivity index (χ3v) is 7.03. The zero-order chi connectivity index (χ0) is 28.1. The van der Waals surface area contributed by atoms with Crippen LogP contribution in [0.4, 0.5) is 0 Å². The Kier molecular flexibility index (Phi) is 9.87. The van der Waals surface area contributed by atoms with Gasteiger partial charge in [0.25, 0.3) is 0 Å². The molecule has 4 aromatic rings. The van der Waals surface area contributed by atoms with Crippen molar-refractivity contribution in [3.05, 3.63) is 65.6 Å². The molecule has 2 heterocycles. The van der Waals surface area contributed by atoms with Crippen LogP contribution in [0.25, 0.3) is 22.2 Å². The van der Waals surface area contributed by atoms with E-state index in [9.17, 15) is 0 Å². The molecule has 0 aliphatic heterocycles. The van der Waals surface area contributed by atoms with Gasteiger partial charge in [0, 0.05) is 39.7 Å². The minimum Gasteiger partial charge on any atom is -0.492 e. The Morgan fingerprint density at radius 2 is 1.71 bits per heavy atom. The van der Waals surface area contributed by atoms with Crippen LogP contribution in [-0.2, 0) is 4.84 Å². The van der Waals surface area contributed by atoms with Crippen molar-refractivity contribution in [2.45, 2.75) is 33.8 Å². The molecule has 2 aromatic carbocycles. The summed E-state index contributed by atoms with van der Waals surface area (Å²) in [5.41, 5.74) is 6.00. The van der Waals surface area contributed by atoms with Gasteiger partial charge in [-0.25, -0.2) is 0 Å². The summed E-state index contributed by atoms with van der Waals surface area (Å²) in [6, 6.07) is 11.8. The number of H-pyrrole nitrogens is 1. The van der Waals surface area contributed by atoms with Gasteiger partial charge in [-0.1, -0.05) is 24.9 Å². The zero-order valence-corrected chi connectivity index (χ0v) is 24.7. The van der Waals surface area contributed by atoms with Gasteiger partial charge in [-0.05, 0) is 63.3 Å². The van der Waals surface area contributed by atoms with Crippen LogP contribution in [0, 0.1) is 12.3 Å². The Bertz CT molecular complexity index is 1530. The van der Waals surface area contributed by atoms with E-state index in [1.807, 2.05) is 38.1 Å². The number of ether oxygens (including phenoxy) is 3. The number of fused-ring (bicyclic) bond motifs is 5. The van der Waals surface area contributed by atoms with Crippen molar-refractivity contribution in [1.82, 2.24) is 9.88 Å². The number of likely N-dealkylation sites (N-methyl/N-ethyl adjacent to an activating group) is 1. The van der Waals surface area contributed by atoms with Crippen LogP contribution in [0.1, 0.15) is 50.5 Å². The van der Waals surface area contributed by atoms with E-state index in [0.717, 1.165) is 64.2 Å². The molecule has 216 valence electrons. The highest BCUT2D eigenvalue weighted by Crippen LogP contribution is 2.46. The summed E-state index contributed by atoms with van der Waals surface area (Å²) < 4.78 is 23.2. The van der Waals surface area contributed by atoms with Crippen LogP contribution >= 0.6 is 12.4 Å². The van der Waals surface area contributed by atoms with Crippen LogP contribution in [0.2, 0.25) is 0 Å². The van der Waals surface area contributed by atoms with E-state index in [4.69, 9.17) is 29.9 Å². The van der Waals surface area contributed by atoms with Crippen LogP contribution in [0.5, 0.6) is 17.2 Å². The molecular formula is C32H36ClN3O5. The number of hydrogen-bond acceptors (Lipinski definition) is 7. The predicted molar refractivity (Wildman–Crippen MR) is 164 cm³/mol. The molecule has 0 saturated carbocycles. The highest BCUT2D eigenvalue weighted by atomic mass is 35.5. The molecule has 0 radical (unpaired) electrons. The van der Waals surface area contributed by atoms with Gasteiger partial charge in [0.15, 0.2) is 11.5 Å². The molecule has 0 saturated heterocycles. The van der Waals surface area contributed by atoms with Gasteiger partial charge in [-0.2, -0.15) is 0 Å². The first-order valence-electron chi connectivity index (χ1n) is 13.8. The first-order chi connectivity index (χ1) is 19.6. The number of benzene rings is 2. The molecule has 5 rings (SSSR count). The average Bonchev–Trinajstić information content (AvgIpc) is 3.69. The monoisotopic (exact) mass is 577 g/mol. The topological polar surface area (TPSA) is 81.4 Å². The zero-order valence-electron chi connectivity index (χ0n) is 23.9.